The molecule has 0 fully saturated rings. The van der Waals surface area contributed by atoms with Gasteiger partial charge in [-0.1, -0.05) is 48.5 Å². The van der Waals surface area contributed by atoms with Crippen molar-refractivity contribution in [2.45, 2.75) is 25.3 Å². The van der Waals surface area contributed by atoms with E-state index in [1.54, 1.807) is 6.92 Å². The summed E-state index contributed by atoms with van der Waals surface area (Å²) in [7, 11) is 0. The van der Waals surface area contributed by atoms with E-state index in [4.69, 9.17) is 9.84 Å². The zero-order valence-electron chi connectivity index (χ0n) is 17.3. The van der Waals surface area contributed by atoms with Crippen LogP contribution in [-0.4, -0.2) is 53.8 Å². The van der Waals surface area contributed by atoms with Crippen molar-refractivity contribution in [3.63, 3.8) is 0 Å². The summed E-state index contributed by atoms with van der Waals surface area (Å²) < 4.78 is 5.49. The normalized spacial score (nSPS) is 13.1. The second kappa shape index (κ2) is 10.9. The number of rotatable bonds is 10. The van der Waals surface area contributed by atoms with Crippen LogP contribution >= 0.6 is 11.8 Å². The number of hydrogen-bond donors (Lipinski definition) is 3. The van der Waals surface area contributed by atoms with E-state index in [0.717, 1.165) is 11.1 Å². The molecule has 2 aromatic carbocycles. The van der Waals surface area contributed by atoms with Crippen LogP contribution in [0, 0.1) is 0 Å². The van der Waals surface area contributed by atoms with E-state index in [0.29, 0.717) is 12.3 Å². The third-order valence-electron chi connectivity index (χ3n) is 4.99. The number of carboxylic acid groups (broad SMARTS) is 1. The molecule has 1 aliphatic rings. The number of ether oxygens (including phenoxy) is 1. The topological polar surface area (TPSA) is 105 Å². The molecule has 0 bridgehead atoms. The third kappa shape index (κ3) is 6.24. The molecular formula is C23H26N2O5S. The Balaban J connectivity index is 1.43. The molecule has 0 saturated heterocycles. The number of aliphatic carboxylic acids is 1. The zero-order valence-corrected chi connectivity index (χ0v) is 18.1. The number of hydrogen-bond acceptors (Lipinski definition) is 5. The molecule has 0 heterocycles. The highest BCUT2D eigenvalue weighted by molar-refractivity contribution is 7.99. The molecule has 7 nitrogen and oxygen atoms in total. The fourth-order valence-corrected chi connectivity index (χ4v) is 4.23. The van der Waals surface area contributed by atoms with E-state index >= 15 is 0 Å². The molecule has 8 heteroatoms. The van der Waals surface area contributed by atoms with Gasteiger partial charge in [-0.15, -0.1) is 11.8 Å². The van der Waals surface area contributed by atoms with Crippen molar-refractivity contribution in [1.29, 1.82) is 0 Å². The Morgan fingerprint density at radius 3 is 2.29 bits per heavy atom. The van der Waals surface area contributed by atoms with Gasteiger partial charge in [0.05, 0.1) is 5.75 Å². The van der Waals surface area contributed by atoms with Gasteiger partial charge in [0, 0.05) is 30.7 Å². The highest BCUT2D eigenvalue weighted by Crippen LogP contribution is 2.44. The van der Waals surface area contributed by atoms with E-state index in [9.17, 15) is 14.4 Å². The summed E-state index contributed by atoms with van der Waals surface area (Å²) in [6, 6.07) is 15.9. The summed E-state index contributed by atoms with van der Waals surface area (Å²) in [5.74, 6) is -0.568. The second-order valence-electron chi connectivity index (χ2n) is 7.37. The molecule has 0 aliphatic heterocycles. The minimum Gasteiger partial charge on any atom is -0.481 e. The standard InChI is InChI=1S/C23H26N2O5S/c1-15(12-21(26)24-10-11-31-14-22(27)28)25-23(29)30-13-20-18-8-4-2-6-16(18)17-7-3-5-9-19(17)20/h2-9,15,20H,10-14H2,1H3,(H,24,26)(H,25,29)(H,27,28)/t15-/m1/s1. The van der Waals surface area contributed by atoms with Crippen molar-refractivity contribution in [3.05, 3.63) is 59.7 Å². The molecule has 1 aliphatic carbocycles. The number of amides is 2. The summed E-state index contributed by atoms with van der Waals surface area (Å²) in [6.45, 7) is 2.34. The summed E-state index contributed by atoms with van der Waals surface area (Å²) in [4.78, 5) is 34.6. The quantitative estimate of drug-likeness (QED) is 0.488. The Kier molecular flexibility index (Phi) is 7.94. The second-order valence-corrected chi connectivity index (χ2v) is 8.48. The number of carbonyl (C=O) groups excluding carboxylic acids is 2. The lowest BCUT2D eigenvalue weighted by atomic mass is 9.98. The van der Waals surface area contributed by atoms with E-state index in [1.165, 1.54) is 22.9 Å². The minimum atomic E-state index is -0.878. The van der Waals surface area contributed by atoms with Gasteiger partial charge in [0.25, 0.3) is 0 Å². The first-order valence-electron chi connectivity index (χ1n) is 10.1. The van der Waals surface area contributed by atoms with Crippen molar-refractivity contribution in [3.8, 4) is 11.1 Å². The number of nitrogens with one attached hydrogen (secondary N) is 2. The Morgan fingerprint density at radius 1 is 1.06 bits per heavy atom. The molecule has 0 unspecified atom stereocenters. The lowest BCUT2D eigenvalue weighted by Crippen LogP contribution is -2.38. The first-order valence-corrected chi connectivity index (χ1v) is 11.3. The van der Waals surface area contributed by atoms with Crippen LogP contribution in [0.2, 0.25) is 0 Å². The molecule has 31 heavy (non-hydrogen) atoms. The first-order chi connectivity index (χ1) is 15.0. The van der Waals surface area contributed by atoms with Gasteiger partial charge in [0.1, 0.15) is 6.61 Å². The average molecular weight is 443 g/mol. The number of alkyl carbamates (subject to hydrolysis) is 1. The SMILES string of the molecule is C[C@H](CC(=O)NCCSCC(=O)O)NC(=O)OCC1c2ccccc2-c2ccccc21. The molecule has 0 radical (unpaired) electrons. The summed E-state index contributed by atoms with van der Waals surface area (Å²) >= 11 is 1.24. The van der Waals surface area contributed by atoms with Crippen LogP contribution in [0.1, 0.15) is 30.4 Å². The van der Waals surface area contributed by atoms with Gasteiger partial charge in [-0.05, 0) is 29.2 Å². The van der Waals surface area contributed by atoms with Crippen molar-refractivity contribution < 1.29 is 24.2 Å². The van der Waals surface area contributed by atoms with E-state index in [1.807, 2.05) is 24.3 Å². The van der Waals surface area contributed by atoms with E-state index in [2.05, 4.69) is 34.9 Å². The van der Waals surface area contributed by atoms with Crippen molar-refractivity contribution in [1.82, 2.24) is 10.6 Å². The third-order valence-corrected chi connectivity index (χ3v) is 5.94. The Labute approximate surface area is 185 Å². The molecular weight excluding hydrogens is 416 g/mol. The smallest absolute Gasteiger partial charge is 0.407 e. The maximum absolute atomic E-state index is 12.3. The number of carbonyl (C=O) groups is 3. The Hall–Kier alpha value is -3.00. The molecule has 3 N–H and O–H groups in total. The molecule has 1 atom stereocenters. The number of carboxylic acids is 1. The monoisotopic (exact) mass is 442 g/mol. The highest BCUT2D eigenvalue weighted by Gasteiger charge is 2.29. The van der Waals surface area contributed by atoms with Gasteiger partial charge >= 0.3 is 12.1 Å². The first kappa shape index (κ1) is 22.7. The van der Waals surface area contributed by atoms with E-state index < -0.39 is 12.1 Å². The van der Waals surface area contributed by atoms with Crippen molar-refractivity contribution in [2.24, 2.45) is 0 Å². The van der Waals surface area contributed by atoms with Gasteiger partial charge in [0.15, 0.2) is 0 Å². The van der Waals surface area contributed by atoms with Gasteiger partial charge in [0.2, 0.25) is 5.91 Å². The summed E-state index contributed by atoms with van der Waals surface area (Å²) in [5.41, 5.74) is 4.62. The Morgan fingerprint density at radius 2 is 1.68 bits per heavy atom. The van der Waals surface area contributed by atoms with E-state index in [-0.39, 0.29) is 36.6 Å². The van der Waals surface area contributed by atoms with Crippen molar-refractivity contribution in [2.75, 3.05) is 24.7 Å². The van der Waals surface area contributed by atoms with Gasteiger partial charge < -0.3 is 20.5 Å². The number of benzene rings is 2. The van der Waals surface area contributed by atoms with Gasteiger partial charge in [-0.3, -0.25) is 9.59 Å². The molecule has 2 amide bonds. The van der Waals surface area contributed by atoms with Crippen LogP contribution in [0.25, 0.3) is 11.1 Å². The van der Waals surface area contributed by atoms with Gasteiger partial charge in [-0.25, -0.2) is 4.79 Å². The fourth-order valence-electron chi connectivity index (χ4n) is 3.66. The largest absolute Gasteiger partial charge is 0.481 e. The van der Waals surface area contributed by atoms with Crippen molar-refractivity contribution >= 4 is 29.7 Å². The number of thioether (sulfide) groups is 1. The van der Waals surface area contributed by atoms with Crippen LogP contribution in [0.3, 0.4) is 0 Å². The maximum Gasteiger partial charge on any atom is 0.407 e. The summed E-state index contributed by atoms with van der Waals surface area (Å²) in [5, 5.41) is 14.0. The van der Waals surface area contributed by atoms with Gasteiger partial charge in [-0.2, -0.15) is 0 Å². The number of fused-ring (bicyclic) bond motifs is 3. The highest BCUT2D eigenvalue weighted by atomic mass is 32.2. The molecule has 164 valence electrons. The van der Waals surface area contributed by atoms with Crippen LogP contribution in [0.15, 0.2) is 48.5 Å². The molecule has 0 aromatic heterocycles. The predicted molar refractivity (Wildman–Crippen MR) is 120 cm³/mol. The van der Waals surface area contributed by atoms with Crippen LogP contribution in [0.5, 0.6) is 0 Å². The molecule has 2 aromatic rings. The minimum absolute atomic E-state index is 0.00954. The molecule has 3 rings (SSSR count). The molecule has 0 spiro atoms. The summed E-state index contributed by atoms with van der Waals surface area (Å²) in [6.07, 6.45) is -0.437. The molecule has 0 saturated carbocycles. The Bertz CT molecular complexity index is 904. The predicted octanol–water partition coefficient (Wildman–Crippen LogP) is 3.24. The average Bonchev–Trinajstić information content (AvgIpc) is 3.05. The van der Waals surface area contributed by atoms with Crippen LogP contribution < -0.4 is 10.6 Å². The lowest BCUT2D eigenvalue weighted by Gasteiger charge is -2.17. The van der Waals surface area contributed by atoms with Crippen LogP contribution in [-0.2, 0) is 14.3 Å². The lowest BCUT2D eigenvalue weighted by molar-refractivity contribution is -0.133. The zero-order chi connectivity index (χ0) is 22.2. The fraction of sp³-hybridized carbons (Fsp3) is 0.348. The van der Waals surface area contributed by atoms with Crippen LogP contribution in [0.4, 0.5) is 4.79 Å². The maximum atomic E-state index is 12.3.